The van der Waals surface area contributed by atoms with Crippen LogP contribution in [0.25, 0.3) is 10.9 Å². The van der Waals surface area contributed by atoms with Crippen molar-refractivity contribution in [3.05, 3.63) is 29.5 Å². The molecule has 0 aliphatic rings. The summed E-state index contributed by atoms with van der Waals surface area (Å²) in [5.74, 6) is 0. The monoisotopic (exact) mass is 146 g/mol. The molecule has 56 valence electrons. The van der Waals surface area contributed by atoms with E-state index >= 15 is 0 Å². The van der Waals surface area contributed by atoms with E-state index in [9.17, 15) is 0 Å². The van der Waals surface area contributed by atoms with Crippen LogP contribution in [0.4, 0.5) is 0 Å². The molecule has 0 amide bonds. The molecule has 11 heavy (non-hydrogen) atoms. The third-order valence-electron chi connectivity index (χ3n) is 1.98. The van der Waals surface area contributed by atoms with Gasteiger partial charge in [0.1, 0.15) is 0 Å². The first-order chi connectivity index (χ1) is 5.29. The van der Waals surface area contributed by atoms with Gasteiger partial charge in [0.2, 0.25) is 0 Å². The first-order valence-corrected chi connectivity index (χ1v) is 3.69. The summed E-state index contributed by atoms with van der Waals surface area (Å²) in [6.07, 6.45) is 0. The van der Waals surface area contributed by atoms with Crippen molar-refractivity contribution in [1.29, 1.82) is 0 Å². The van der Waals surface area contributed by atoms with Crippen molar-refractivity contribution >= 4 is 10.9 Å². The molecule has 0 fully saturated rings. The normalized spacial score (nSPS) is 10.7. The van der Waals surface area contributed by atoms with E-state index < -0.39 is 0 Å². The molecule has 1 N–H and O–H groups in total. The third kappa shape index (κ3) is 0.827. The van der Waals surface area contributed by atoms with Gasteiger partial charge in [-0.2, -0.15) is 5.10 Å². The number of H-pyrrole nitrogens is 1. The standard InChI is InChI=1S/C9H10N2/c1-6-4-3-5-8-7(2)10-11-9(6)8/h3-5H,1-2H3,(H,10,11). The van der Waals surface area contributed by atoms with E-state index in [1.165, 1.54) is 10.9 Å². The van der Waals surface area contributed by atoms with Crippen LogP contribution in [0.5, 0.6) is 0 Å². The number of hydrogen-bond donors (Lipinski definition) is 1. The number of rotatable bonds is 0. The van der Waals surface area contributed by atoms with Crippen molar-refractivity contribution in [1.82, 2.24) is 10.2 Å². The van der Waals surface area contributed by atoms with Crippen LogP contribution in [0, 0.1) is 13.8 Å². The van der Waals surface area contributed by atoms with Gasteiger partial charge < -0.3 is 0 Å². The molecule has 0 atom stereocenters. The van der Waals surface area contributed by atoms with E-state index in [0.717, 1.165) is 11.2 Å². The molecule has 2 heteroatoms. The van der Waals surface area contributed by atoms with Crippen LogP contribution in [0.3, 0.4) is 0 Å². The molecule has 2 nitrogen and oxygen atoms in total. The fraction of sp³-hybridized carbons (Fsp3) is 0.222. The summed E-state index contributed by atoms with van der Waals surface area (Å²) in [6.45, 7) is 4.11. The second-order valence-corrected chi connectivity index (χ2v) is 2.82. The average Bonchev–Trinajstić information content (AvgIpc) is 2.35. The van der Waals surface area contributed by atoms with Crippen LogP contribution < -0.4 is 0 Å². The van der Waals surface area contributed by atoms with Crippen LogP contribution in [-0.4, -0.2) is 10.2 Å². The van der Waals surface area contributed by atoms with E-state index in [1.54, 1.807) is 0 Å². The van der Waals surface area contributed by atoms with E-state index in [2.05, 4.69) is 35.3 Å². The van der Waals surface area contributed by atoms with E-state index in [1.807, 2.05) is 6.92 Å². The maximum Gasteiger partial charge on any atom is 0.0952 e. The summed E-state index contributed by atoms with van der Waals surface area (Å²) >= 11 is 0. The second-order valence-electron chi connectivity index (χ2n) is 2.82. The largest absolute Gasteiger partial charge is 0.282 e. The molecule has 0 aliphatic heterocycles. The van der Waals surface area contributed by atoms with Crippen LogP contribution in [0.15, 0.2) is 18.2 Å². The number of aryl methyl sites for hydroxylation is 2. The first-order valence-electron chi connectivity index (χ1n) is 3.69. The Bertz CT molecular complexity index is 387. The lowest BCUT2D eigenvalue weighted by Crippen LogP contribution is -1.74. The van der Waals surface area contributed by atoms with E-state index in [4.69, 9.17) is 0 Å². The van der Waals surface area contributed by atoms with Gasteiger partial charge in [0, 0.05) is 11.1 Å². The van der Waals surface area contributed by atoms with Gasteiger partial charge in [-0.1, -0.05) is 18.2 Å². The number of fused-ring (bicyclic) bond motifs is 1. The lowest BCUT2D eigenvalue weighted by atomic mass is 10.1. The highest BCUT2D eigenvalue weighted by Crippen LogP contribution is 2.17. The number of nitrogens with zero attached hydrogens (tertiary/aromatic N) is 1. The molecule has 1 aromatic carbocycles. The Morgan fingerprint density at radius 1 is 1.27 bits per heavy atom. The maximum absolute atomic E-state index is 4.19. The van der Waals surface area contributed by atoms with Gasteiger partial charge in [-0.3, -0.25) is 5.10 Å². The molecule has 0 bridgehead atoms. The number of nitrogens with one attached hydrogen (secondary N) is 1. The Hall–Kier alpha value is -1.31. The SMILES string of the molecule is Cc1[nH]nc2c(C)cccc12. The van der Waals surface area contributed by atoms with Gasteiger partial charge >= 0.3 is 0 Å². The van der Waals surface area contributed by atoms with E-state index in [0.29, 0.717) is 0 Å². The summed E-state index contributed by atoms with van der Waals surface area (Å²) in [4.78, 5) is 0. The summed E-state index contributed by atoms with van der Waals surface area (Å²) in [5, 5.41) is 8.39. The highest BCUT2D eigenvalue weighted by Gasteiger charge is 2.01. The minimum Gasteiger partial charge on any atom is -0.282 e. The van der Waals surface area contributed by atoms with Crippen LogP contribution >= 0.6 is 0 Å². The second kappa shape index (κ2) is 2.09. The Labute approximate surface area is 65.2 Å². The molecule has 0 unspecified atom stereocenters. The minimum atomic E-state index is 1.09. The van der Waals surface area contributed by atoms with Crippen LogP contribution in [0.2, 0.25) is 0 Å². The quantitative estimate of drug-likeness (QED) is 0.606. The van der Waals surface area contributed by atoms with Crippen LogP contribution in [-0.2, 0) is 0 Å². The van der Waals surface area contributed by atoms with Gasteiger partial charge in [0.25, 0.3) is 0 Å². The van der Waals surface area contributed by atoms with Crippen molar-refractivity contribution < 1.29 is 0 Å². The number of aromatic amines is 1. The topological polar surface area (TPSA) is 28.7 Å². The highest BCUT2D eigenvalue weighted by molar-refractivity contribution is 5.83. The fourth-order valence-electron chi connectivity index (χ4n) is 1.31. The molecule has 1 aromatic heterocycles. The van der Waals surface area contributed by atoms with Gasteiger partial charge in [0.05, 0.1) is 5.52 Å². The van der Waals surface area contributed by atoms with E-state index in [-0.39, 0.29) is 0 Å². The number of hydrogen-bond acceptors (Lipinski definition) is 1. The fourth-order valence-corrected chi connectivity index (χ4v) is 1.31. The predicted molar refractivity (Wildman–Crippen MR) is 45.6 cm³/mol. The number of aromatic nitrogens is 2. The van der Waals surface area contributed by atoms with Gasteiger partial charge in [-0.15, -0.1) is 0 Å². The lowest BCUT2D eigenvalue weighted by molar-refractivity contribution is 1.06. The number of benzene rings is 1. The van der Waals surface area contributed by atoms with Crippen molar-refractivity contribution in [2.24, 2.45) is 0 Å². The molecular formula is C9H10N2. The molecule has 2 rings (SSSR count). The molecule has 0 aliphatic carbocycles. The summed E-state index contributed by atoms with van der Waals surface area (Å²) in [7, 11) is 0. The Morgan fingerprint density at radius 2 is 2.09 bits per heavy atom. The molecule has 0 saturated heterocycles. The summed E-state index contributed by atoms with van der Waals surface area (Å²) in [6, 6.07) is 6.21. The average molecular weight is 146 g/mol. The summed E-state index contributed by atoms with van der Waals surface area (Å²) in [5.41, 5.74) is 3.46. The molecule has 0 saturated carbocycles. The molecule has 1 heterocycles. The summed E-state index contributed by atoms with van der Waals surface area (Å²) < 4.78 is 0. The van der Waals surface area contributed by atoms with Crippen molar-refractivity contribution in [2.45, 2.75) is 13.8 Å². The smallest absolute Gasteiger partial charge is 0.0952 e. The van der Waals surface area contributed by atoms with Crippen molar-refractivity contribution in [2.75, 3.05) is 0 Å². The Kier molecular flexibility index (Phi) is 1.22. The van der Waals surface area contributed by atoms with Crippen molar-refractivity contribution in [3.8, 4) is 0 Å². The van der Waals surface area contributed by atoms with Gasteiger partial charge in [-0.25, -0.2) is 0 Å². The lowest BCUT2D eigenvalue weighted by Gasteiger charge is -1.91. The predicted octanol–water partition coefficient (Wildman–Crippen LogP) is 2.18. The molecule has 0 radical (unpaired) electrons. The Morgan fingerprint density at radius 3 is 2.82 bits per heavy atom. The van der Waals surface area contributed by atoms with Gasteiger partial charge in [-0.05, 0) is 19.4 Å². The Balaban J connectivity index is 2.94. The maximum atomic E-state index is 4.19. The van der Waals surface area contributed by atoms with Crippen LogP contribution in [0.1, 0.15) is 11.3 Å². The minimum absolute atomic E-state index is 1.09. The molecular weight excluding hydrogens is 136 g/mol. The number of para-hydroxylation sites is 1. The molecule has 2 aromatic rings. The zero-order valence-electron chi connectivity index (χ0n) is 6.68. The first kappa shape index (κ1) is 6.40. The third-order valence-corrected chi connectivity index (χ3v) is 1.98. The zero-order chi connectivity index (χ0) is 7.84. The highest BCUT2D eigenvalue weighted by atomic mass is 15.1. The van der Waals surface area contributed by atoms with Crippen molar-refractivity contribution in [3.63, 3.8) is 0 Å². The van der Waals surface area contributed by atoms with Gasteiger partial charge in [0.15, 0.2) is 0 Å². The molecule has 0 spiro atoms. The zero-order valence-corrected chi connectivity index (χ0v) is 6.68.